The first-order valence-corrected chi connectivity index (χ1v) is 6.18. The Bertz CT molecular complexity index is 670. The monoisotopic (exact) mass is 275 g/mol. The van der Waals surface area contributed by atoms with Gasteiger partial charge in [-0.1, -0.05) is 5.21 Å². The maximum absolute atomic E-state index is 10.9. The molecule has 1 heterocycles. The molecule has 0 aliphatic rings. The van der Waals surface area contributed by atoms with Crippen LogP contribution in [0.15, 0.2) is 18.3 Å². The number of benzene rings is 1. The zero-order chi connectivity index (χ0) is 15.1. The molecule has 0 aliphatic heterocycles. The van der Waals surface area contributed by atoms with Gasteiger partial charge >= 0.3 is 0 Å². The maximum Gasteiger partial charge on any atom is 0.272 e. The number of hydrogen-bond acceptors (Lipinski definition) is 5. The van der Waals surface area contributed by atoms with Gasteiger partial charge in [-0.25, -0.2) is 4.68 Å². The normalized spacial score (nSPS) is 11.7. The Morgan fingerprint density at radius 3 is 2.45 bits per heavy atom. The van der Waals surface area contributed by atoms with Gasteiger partial charge in [0.25, 0.3) is 5.69 Å². The molecule has 7 nitrogen and oxygen atoms in total. The van der Waals surface area contributed by atoms with Gasteiger partial charge in [-0.15, -0.1) is 5.10 Å². The van der Waals surface area contributed by atoms with Crippen molar-refractivity contribution in [3.8, 4) is 5.69 Å². The van der Waals surface area contributed by atoms with Crippen molar-refractivity contribution in [2.24, 2.45) is 5.73 Å². The molecule has 0 amide bonds. The van der Waals surface area contributed by atoms with Crippen LogP contribution in [-0.4, -0.2) is 19.9 Å². The highest BCUT2D eigenvalue weighted by atomic mass is 16.6. The lowest BCUT2D eigenvalue weighted by molar-refractivity contribution is -0.385. The third-order valence-corrected chi connectivity index (χ3v) is 3.11. The highest BCUT2D eigenvalue weighted by Gasteiger charge is 2.20. The van der Waals surface area contributed by atoms with Crippen molar-refractivity contribution < 1.29 is 4.92 Å². The molecule has 7 heteroatoms. The van der Waals surface area contributed by atoms with Gasteiger partial charge in [0.15, 0.2) is 0 Å². The molecule has 2 aromatic rings. The van der Waals surface area contributed by atoms with E-state index < -0.39 is 5.54 Å². The van der Waals surface area contributed by atoms with Gasteiger partial charge in [-0.2, -0.15) is 0 Å². The summed E-state index contributed by atoms with van der Waals surface area (Å²) in [5.74, 6) is 0. The Balaban J connectivity index is 2.51. The Hall–Kier alpha value is -2.28. The smallest absolute Gasteiger partial charge is 0.272 e. The van der Waals surface area contributed by atoms with Crippen molar-refractivity contribution in [1.82, 2.24) is 15.0 Å². The highest BCUT2D eigenvalue weighted by Crippen LogP contribution is 2.25. The molecule has 2 N–H and O–H groups in total. The molecule has 0 unspecified atom stereocenters. The molecule has 106 valence electrons. The van der Waals surface area contributed by atoms with Gasteiger partial charge in [-0.3, -0.25) is 10.1 Å². The second-order valence-corrected chi connectivity index (χ2v) is 5.45. The lowest BCUT2D eigenvalue weighted by Gasteiger charge is -2.13. The lowest BCUT2D eigenvalue weighted by atomic mass is 10.0. The predicted molar refractivity (Wildman–Crippen MR) is 74.7 cm³/mol. The van der Waals surface area contributed by atoms with Crippen molar-refractivity contribution >= 4 is 5.69 Å². The van der Waals surface area contributed by atoms with E-state index >= 15 is 0 Å². The van der Waals surface area contributed by atoms with Crippen LogP contribution < -0.4 is 5.73 Å². The third kappa shape index (κ3) is 2.53. The maximum atomic E-state index is 10.9. The van der Waals surface area contributed by atoms with Gasteiger partial charge in [0, 0.05) is 11.6 Å². The summed E-state index contributed by atoms with van der Waals surface area (Å²) in [6.07, 6.45) is 1.74. The first-order chi connectivity index (χ1) is 9.20. The van der Waals surface area contributed by atoms with Crippen LogP contribution in [0.2, 0.25) is 0 Å². The molecule has 0 atom stereocenters. The molecular weight excluding hydrogens is 258 g/mol. The quantitative estimate of drug-likeness (QED) is 0.682. The van der Waals surface area contributed by atoms with Crippen molar-refractivity contribution in [2.75, 3.05) is 0 Å². The number of aryl methyl sites for hydroxylation is 2. The summed E-state index contributed by atoms with van der Waals surface area (Å²) in [4.78, 5) is 10.5. The van der Waals surface area contributed by atoms with Gasteiger partial charge < -0.3 is 5.73 Å². The third-order valence-electron chi connectivity index (χ3n) is 3.11. The summed E-state index contributed by atoms with van der Waals surface area (Å²) in [6, 6.07) is 3.27. The van der Waals surface area contributed by atoms with Gasteiger partial charge in [0.05, 0.1) is 22.3 Å². The summed E-state index contributed by atoms with van der Waals surface area (Å²) < 4.78 is 1.59. The van der Waals surface area contributed by atoms with Crippen LogP contribution in [0.4, 0.5) is 5.69 Å². The van der Waals surface area contributed by atoms with Crippen LogP contribution in [0, 0.1) is 24.0 Å². The molecule has 0 bridgehead atoms. The molecule has 0 fully saturated rings. The van der Waals surface area contributed by atoms with E-state index in [0.29, 0.717) is 11.3 Å². The molecule has 0 saturated carbocycles. The van der Waals surface area contributed by atoms with E-state index in [0.717, 1.165) is 11.3 Å². The predicted octanol–water partition coefficient (Wildman–Crippen LogP) is 1.99. The number of rotatable bonds is 3. The van der Waals surface area contributed by atoms with Gasteiger partial charge in [0.2, 0.25) is 0 Å². The molecule has 0 radical (unpaired) electrons. The van der Waals surface area contributed by atoms with Crippen LogP contribution in [0.25, 0.3) is 5.69 Å². The molecule has 20 heavy (non-hydrogen) atoms. The zero-order valence-corrected chi connectivity index (χ0v) is 11.9. The SMILES string of the molecule is Cc1cc([N+](=O)[O-])c(C)cc1-n1cc(C(C)(C)N)nn1. The summed E-state index contributed by atoms with van der Waals surface area (Å²) in [6.45, 7) is 7.19. The lowest BCUT2D eigenvalue weighted by Crippen LogP contribution is -2.29. The van der Waals surface area contributed by atoms with E-state index in [9.17, 15) is 10.1 Å². The number of nitrogens with two attached hydrogens (primary N) is 1. The highest BCUT2D eigenvalue weighted by molar-refractivity contribution is 5.52. The van der Waals surface area contributed by atoms with Crippen LogP contribution in [0.1, 0.15) is 30.7 Å². The van der Waals surface area contributed by atoms with Crippen LogP contribution in [-0.2, 0) is 5.54 Å². The number of nitrogens with zero attached hydrogens (tertiary/aromatic N) is 4. The van der Waals surface area contributed by atoms with Crippen molar-refractivity contribution in [3.05, 3.63) is 45.3 Å². The second kappa shape index (κ2) is 4.68. The molecule has 1 aromatic heterocycles. The zero-order valence-electron chi connectivity index (χ0n) is 11.9. The van der Waals surface area contributed by atoms with E-state index in [-0.39, 0.29) is 10.6 Å². The van der Waals surface area contributed by atoms with Crippen LogP contribution in [0.3, 0.4) is 0 Å². The number of nitro groups is 1. The average Bonchev–Trinajstić information content (AvgIpc) is 2.80. The second-order valence-electron chi connectivity index (χ2n) is 5.45. The van der Waals surface area contributed by atoms with Crippen molar-refractivity contribution in [2.45, 2.75) is 33.2 Å². The molecular formula is C13H17N5O2. The molecule has 0 spiro atoms. The molecule has 0 aliphatic carbocycles. The average molecular weight is 275 g/mol. The van der Waals surface area contributed by atoms with Gasteiger partial charge in [-0.05, 0) is 39.3 Å². The Labute approximate surface area is 116 Å². The first kappa shape index (κ1) is 14.1. The summed E-state index contributed by atoms with van der Waals surface area (Å²) >= 11 is 0. The molecule has 0 saturated heterocycles. The summed E-state index contributed by atoms with van der Waals surface area (Å²) in [5, 5.41) is 19.0. The van der Waals surface area contributed by atoms with E-state index in [2.05, 4.69) is 10.3 Å². The van der Waals surface area contributed by atoms with E-state index in [1.807, 2.05) is 13.8 Å². The Morgan fingerprint density at radius 2 is 1.95 bits per heavy atom. The first-order valence-electron chi connectivity index (χ1n) is 6.18. The topological polar surface area (TPSA) is 99.9 Å². The minimum absolute atomic E-state index is 0.103. The van der Waals surface area contributed by atoms with Crippen LogP contribution >= 0.6 is 0 Å². The minimum atomic E-state index is -0.581. The number of hydrogen-bond donors (Lipinski definition) is 1. The Kier molecular flexibility index (Phi) is 3.31. The van der Waals surface area contributed by atoms with Crippen LogP contribution in [0.5, 0.6) is 0 Å². The largest absolute Gasteiger partial charge is 0.320 e. The fourth-order valence-corrected chi connectivity index (χ4v) is 1.91. The van der Waals surface area contributed by atoms with Gasteiger partial charge in [0.1, 0.15) is 5.69 Å². The number of aromatic nitrogens is 3. The Morgan fingerprint density at radius 1 is 1.30 bits per heavy atom. The summed E-state index contributed by atoms with van der Waals surface area (Å²) in [7, 11) is 0. The van der Waals surface area contributed by atoms with Crippen molar-refractivity contribution in [1.29, 1.82) is 0 Å². The molecule has 1 aromatic carbocycles. The fourth-order valence-electron chi connectivity index (χ4n) is 1.91. The standard InChI is InChI=1S/C13H17N5O2/c1-8-6-11(18(19)20)9(2)5-10(8)17-7-12(15-16-17)13(3,4)14/h5-7H,14H2,1-4H3. The number of nitro benzene ring substituents is 1. The minimum Gasteiger partial charge on any atom is -0.320 e. The van der Waals surface area contributed by atoms with Crippen molar-refractivity contribution in [3.63, 3.8) is 0 Å². The van der Waals surface area contributed by atoms with E-state index in [4.69, 9.17) is 5.73 Å². The van der Waals surface area contributed by atoms with E-state index in [1.165, 1.54) is 0 Å². The molecule has 2 rings (SSSR count). The van der Waals surface area contributed by atoms with E-state index in [1.54, 1.807) is 36.9 Å². The fraction of sp³-hybridized carbons (Fsp3) is 0.385. The summed E-state index contributed by atoms with van der Waals surface area (Å²) in [5.41, 5.74) is 8.26.